The molecule has 18 heavy (non-hydrogen) atoms. The molecule has 0 aromatic heterocycles. The second kappa shape index (κ2) is 7.76. The number of carbonyl (C=O) groups is 3. The fourth-order valence-corrected chi connectivity index (χ4v) is 1.60. The van der Waals surface area contributed by atoms with Crippen LogP contribution in [-0.2, 0) is 18.9 Å². The summed E-state index contributed by atoms with van der Waals surface area (Å²) in [5.41, 5.74) is 0. The van der Waals surface area contributed by atoms with Gasteiger partial charge in [-0.15, -0.1) is 0 Å². The van der Waals surface area contributed by atoms with E-state index in [1.165, 1.54) is 13.8 Å². The van der Waals surface area contributed by atoms with Crippen molar-refractivity contribution in [3.8, 4) is 0 Å². The summed E-state index contributed by atoms with van der Waals surface area (Å²) in [6.07, 6.45) is 0.756. The summed E-state index contributed by atoms with van der Waals surface area (Å²) in [5.74, 6) is -2.25. The topological polar surface area (TPSA) is 104 Å². The third-order valence-corrected chi connectivity index (χ3v) is 3.03. The highest BCUT2D eigenvalue weighted by atomic mass is 31.1. The molecule has 2 amide bonds. The first-order valence-corrected chi connectivity index (χ1v) is 6.30. The minimum Gasteiger partial charge on any atom is -0.480 e. The lowest BCUT2D eigenvalue weighted by Gasteiger charge is -2.22. The van der Waals surface area contributed by atoms with Crippen LogP contribution in [0.25, 0.3) is 0 Å². The third-order valence-electron chi connectivity index (χ3n) is 2.28. The average Bonchev–Trinajstić information content (AvgIpc) is 2.29. The van der Waals surface area contributed by atoms with E-state index < -0.39 is 38.5 Å². The van der Waals surface area contributed by atoms with Gasteiger partial charge in [-0.1, -0.05) is 6.92 Å². The molecular weight excluding hydrogens is 259 g/mol. The molecule has 0 aliphatic heterocycles. The molecule has 0 aromatic carbocycles. The van der Waals surface area contributed by atoms with Gasteiger partial charge in [0, 0.05) is 6.42 Å². The molecule has 0 saturated carbocycles. The zero-order chi connectivity index (χ0) is 14.3. The van der Waals surface area contributed by atoms with Crippen molar-refractivity contribution in [3.63, 3.8) is 0 Å². The van der Waals surface area contributed by atoms with E-state index in [9.17, 15) is 18.9 Å². The van der Waals surface area contributed by atoms with E-state index in [1.54, 1.807) is 6.92 Å². The Balaban J connectivity index is 4.63. The van der Waals surface area contributed by atoms with Gasteiger partial charge in [0.1, 0.15) is 12.1 Å². The summed E-state index contributed by atoms with van der Waals surface area (Å²) in [5, 5.41) is 10.9. The normalized spacial score (nSPS) is 13.7. The lowest BCUT2D eigenvalue weighted by Crippen LogP contribution is -2.48. The van der Waals surface area contributed by atoms with Gasteiger partial charge in [-0.25, -0.2) is 9.24 Å². The van der Waals surface area contributed by atoms with Crippen LogP contribution < -0.4 is 5.32 Å². The monoisotopic (exact) mass is 276 g/mol. The van der Waals surface area contributed by atoms with Gasteiger partial charge < -0.3 is 10.4 Å². The first-order chi connectivity index (χ1) is 8.34. The van der Waals surface area contributed by atoms with Crippen LogP contribution in [0.5, 0.6) is 0 Å². The zero-order valence-electron chi connectivity index (χ0n) is 10.5. The molecule has 0 spiro atoms. The van der Waals surface area contributed by atoms with Crippen LogP contribution in [0.3, 0.4) is 0 Å². The van der Waals surface area contributed by atoms with Gasteiger partial charge in [0.2, 0.25) is 11.8 Å². The predicted octanol–water partition coefficient (Wildman–Crippen LogP) is 0.800. The van der Waals surface area contributed by atoms with Crippen LogP contribution in [0.4, 0.5) is 0 Å². The van der Waals surface area contributed by atoms with Crippen LogP contribution in [0.2, 0.25) is 0 Å². The van der Waals surface area contributed by atoms with Crippen LogP contribution >= 0.6 is 8.61 Å². The van der Waals surface area contributed by atoms with E-state index >= 15 is 0 Å². The Hall–Kier alpha value is -1.49. The summed E-state index contributed by atoms with van der Waals surface area (Å²) in [7, 11) is -0.578. The van der Waals surface area contributed by atoms with Crippen molar-refractivity contribution >= 4 is 26.4 Å². The van der Waals surface area contributed by atoms with Crippen LogP contribution in [0.15, 0.2) is 0 Å². The van der Waals surface area contributed by atoms with Crippen molar-refractivity contribution in [1.82, 2.24) is 9.99 Å². The van der Waals surface area contributed by atoms with E-state index in [0.717, 1.165) is 4.67 Å². The fourth-order valence-electron chi connectivity index (χ4n) is 1.17. The molecule has 0 fully saturated rings. The van der Waals surface area contributed by atoms with Gasteiger partial charge in [-0.3, -0.25) is 14.4 Å². The maximum absolute atomic E-state index is 11.7. The van der Waals surface area contributed by atoms with Crippen molar-refractivity contribution in [1.29, 1.82) is 0 Å². The van der Waals surface area contributed by atoms with Crippen molar-refractivity contribution in [2.75, 3.05) is 0 Å². The zero-order valence-corrected chi connectivity index (χ0v) is 11.4. The number of carboxylic acids is 1. The maximum Gasteiger partial charge on any atom is 0.325 e. The number of hydrogen-bond donors (Lipinski definition) is 2. The number of rotatable bonds is 7. The molecule has 0 radical (unpaired) electrons. The Kier molecular flexibility index (Phi) is 7.12. The van der Waals surface area contributed by atoms with Crippen molar-refractivity contribution in [2.45, 2.75) is 45.7 Å². The van der Waals surface area contributed by atoms with Crippen molar-refractivity contribution in [3.05, 3.63) is 0 Å². The minimum absolute atomic E-state index is 0.182. The maximum atomic E-state index is 11.7. The molecule has 0 aliphatic rings. The third kappa shape index (κ3) is 4.79. The molecule has 0 heterocycles. The molecule has 102 valence electrons. The Morgan fingerprint density at radius 3 is 2.28 bits per heavy atom. The molecule has 0 aromatic rings. The summed E-state index contributed by atoms with van der Waals surface area (Å²) >= 11 is 0. The lowest BCUT2D eigenvalue weighted by atomic mass is 10.2. The van der Waals surface area contributed by atoms with E-state index in [-0.39, 0.29) is 6.42 Å². The van der Waals surface area contributed by atoms with Gasteiger partial charge in [0.15, 0.2) is 0 Å². The number of carbonyl (C=O) groups excluding carboxylic acids is 2. The Morgan fingerprint density at radius 2 is 1.89 bits per heavy atom. The first kappa shape index (κ1) is 16.5. The summed E-state index contributed by atoms with van der Waals surface area (Å²) < 4.78 is 11.8. The quantitative estimate of drug-likeness (QED) is 0.669. The molecule has 7 nitrogen and oxygen atoms in total. The highest BCUT2D eigenvalue weighted by Crippen LogP contribution is 2.14. The summed E-state index contributed by atoms with van der Waals surface area (Å²) in [6, 6.07) is -2.04. The number of hydrogen-bond acceptors (Lipinski definition) is 4. The first-order valence-electron chi connectivity index (χ1n) is 5.53. The number of nitrogens with zero attached hydrogens (tertiary/aromatic N) is 1. The number of aliphatic carboxylic acids is 1. The molecule has 2 N–H and O–H groups in total. The van der Waals surface area contributed by atoms with E-state index in [4.69, 9.17) is 5.11 Å². The van der Waals surface area contributed by atoms with E-state index in [2.05, 4.69) is 5.32 Å². The molecule has 8 heteroatoms. The molecule has 0 rings (SSSR count). The molecule has 0 aliphatic carbocycles. The lowest BCUT2D eigenvalue weighted by molar-refractivity contribution is -0.142. The van der Waals surface area contributed by atoms with Crippen LogP contribution in [-0.4, -0.2) is 39.6 Å². The van der Waals surface area contributed by atoms with Gasteiger partial charge >= 0.3 is 5.97 Å². The second-order valence-electron chi connectivity index (χ2n) is 3.81. The minimum atomic E-state index is -1.18. The van der Waals surface area contributed by atoms with Gasteiger partial charge in [-0.05, 0) is 20.3 Å². The van der Waals surface area contributed by atoms with Crippen molar-refractivity contribution < 1.29 is 24.1 Å². The Labute approximate surface area is 107 Å². The number of carboxylic acid groups (broad SMARTS) is 1. The van der Waals surface area contributed by atoms with Gasteiger partial charge in [0.05, 0.1) is 0 Å². The molecule has 0 saturated heterocycles. The average molecular weight is 276 g/mol. The van der Waals surface area contributed by atoms with E-state index in [0.29, 0.717) is 6.42 Å². The van der Waals surface area contributed by atoms with Gasteiger partial charge in [-0.2, -0.15) is 0 Å². The largest absolute Gasteiger partial charge is 0.480 e. The molecule has 0 bridgehead atoms. The summed E-state index contributed by atoms with van der Waals surface area (Å²) in [4.78, 5) is 33.8. The van der Waals surface area contributed by atoms with Crippen LogP contribution in [0.1, 0.15) is 33.6 Å². The Morgan fingerprint density at radius 1 is 1.33 bits per heavy atom. The Bertz CT molecular complexity index is 347. The highest BCUT2D eigenvalue weighted by Gasteiger charge is 2.27. The van der Waals surface area contributed by atoms with Crippen LogP contribution in [0, 0.1) is 0 Å². The standard InChI is InChI=1S/C10H17N2O5P/c1-4-5-8(13)12(18-17)7(3)9(14)11-6(2)10(15)16/h6-7H,4-5H2,1-3H3,(H,11,14)(H,15,16)/t6-,7-/m0/s1. The summed E-state index contributed by atoms with van der Waals surface area (Å²) in [6.45, 7) is 4.48. The van der Waals surface area contributed by atoms with Crippen molar-refractivity contribution in [2.24, 2.45) is 0 Å². The van der Waals surface area contributed by atoms with Gasteiger partial charge in [0.25, 0.3) is 8.61 Å². The number of amides is 2. The smallest absolute Gasteiger partial charge is 0.325 e. The molecule has 2 atom stereocenters. The van der Waals surface area contributed by atoms with E-state index in [1.807, 2.05) is 0 Å². The fraction of sp³-hybridized carbons (Fsp3) is 0.700. The predicted molar refractivity (Wildman–Crippen MR) is 64.1 cm³/mol. The highest BCUT2D eigenvalue weighted by molar-refractivity contribution is 7.22. The molecule has 0 unspecified atom stereocenters. The molecular formula is C10H17N2O5P. The second-order valence-corrected chi connectivity index (χ2v) is 4.41. The SMILES string of the molecule is CCCC(=O)N(P=O)[C@@H](C)C(=O)N[C@@H](C)C(=O)O. The number of nitrogens with one attached hydrogen (secondary N) is 1.